The van der Waals surface area contributed by atoms with Crippen LogP contribution in [-0.2, 0) is 4.74 Å². The van der Waals surface area contributed by atoms with Gasteiger partial charge in [0.05, 0.1) is 29.1 Å². The second-order valence-corrected chi connectivity index (χ2v) is 7.83. The fraction of sp³-hybridized carbons (Fsp3) is 0.412. The summed E-state index contributed by atoms with van der Waals surface area (Å²) in [5, 5.41) is 4.70. The first kappa shape index (κ1) is 17.5. The monoisotopic (exact) mass is 389 g/mol. The van der Waals surface area contributed by atoms with Gasteiger partial charge in [-0.3, -0.25) is 14.6 Å². The number of hydrogen-bond acceptors (Lipinski definition) is 8. The van der Waals surface area contributed by atoms with Crippen molar-refractivity contribution in [1.82, 2.24) is 19.5 Å². The lowest BCUT2D eigenvalue weighted by Gasteiger charge is -2.29. The predicted molar refractivity (Wildman–Crippen MR) is 103 cm³/mol. The molecule has 0 radical (unpaired) electrons. The maximum atomic E-state index is 13.2. The minimum atomic E-state index is -0.0789. The van der Waals surface area contributed by atoms with E-state index in [1.165, 1.54) is 11.3 Å². The van der Waals surface area contributed by atoms with Gasteiger partial charge in [0.15, 0.2) is 5.13 Å². The van der Waals surface area contributed by atoms with Gasteiger partial charge in [-0.15, -0.1) is 5.10 Å². The van der Waals surface area contributed by atoms with Crippen LogP contribution < -0.4 is 4.90 Å². The topological polar surface area (TPSA) is 71.5 Å². The van der Waals surface area contributed by atoms with Crippen molar-refractivity contribution in [1.29, 1.82) is 0 Å². The molecule has 1 saturated heterocycles. The van der Waals surface area contributed by atoms with Crippen molar-refractivity contribution in [2.24, 2.45) is 0 Å². The van der Waals surface area contributed by atoms with Crippen molar-refractivity contribution in [2.45, 2.75) is 6.92 Å². The van der Waals surface area contributed by atoms with Gasteiger partial charge in [0.2, 0.25) is 0 Å². The highest BCUT2D eigenvalue weighted by molar-refractivity contribution is 7.22. The second-order valence-electron chi connectivity index (χ2n) is 6.06. The van der Waals surface area contributed by atoms with Crippen LogP contribution in [0.2, 0.25) is 0 Å². The first-order valence-electron chi connectivity index (χ1n) is 8.49. The number of fused-ring (bicyclic) bond motifs is 1. The summed E-state index contributed by atoms with van der Waals surface area (Å²) >= 11 is 2.68. The number of carbonyl (C=O) groups is 1. The summed E-state index contributed by atoms with van der Waals surface area (Å²) in [6, 6.07) is 7.95. The molecule has 9 heteroatoms. The van der Waals surface area contributed by atoms with Crippen LogP contribution in [0.1, 0.15) is 15.4 Å². The highest BCUT2D eigenvalue weighted by atomic mass is 32.1. The standard InChI is InChI=1S/C17H19N5O2S2/c1-12-15(26-20-19-12)16(23)22(7-6-21-8-10-24-11-9-21)17-18-13-4-2-3-5-14(13)25-17/h2-5H,6-11H2,1H3. The predicted octanol–water partition coefficient (Wildman–Crippen LogP) is 2.44. The minimum Gasteiger partial charge on any atom is -0.379 e. The molecule has 26 heavy (non-hydrogen) atoms. The van der Waals surface area contributed by atoms with E-state index in [2.05, 4.69) is 19.5 Å². The molecule has 0 unspecified atom stereocenters. The number of hydrogen-bond donors (Lipinski definition) is 0. The van der Waals surface area contributed by atoms with Crippen molar-refractivity contribution in [3.63, 3.8) is 0 Å². The number of aryl methyl sites for hydroxylation is 1. The summed E-state index contributed by atoms with van der Waals surface area (Å²) in [6.45, 7) is 6.45. The molecule has 0 bridgehead atoms. The van der Waals surface area contributed by atoms with Crippen molar-refractivity contribution in [2.75, 3.05) is 44.3 Å². The Labute approximate surface area is 159 Å². The number of amides is 1. The van der Waals surface area contributed by atoms with Gasteiger partial charge in [-0.1, -0.05) is 28.0 Å². The van der Waals surface area contributed by atoms with Gasteiger partial charge in [-0.05, 0) is 30.6 Å². The van der Waals surface area contributed by atoms with Gasteiger partial charge >= 0.3 is 0 Å². The number of aromatic nitrogens is 3. The lowest BCUT2D eigenvalue weighted by molar-refractivity contribution is 0.0391. The van der Waals surface area contributed by atoms with E-state index in [9.17, 15) is 4.79 Å². The van der Waals surface area contributed by atoms with E-state index < -0.39 is 0 Å². The van der Waals surface area contributed by atoms with Gasteiger partial charge in [-0.25, -0.2) is 4.98 Å². The largest absolute Gasteiger partial charge is 0.379 e. The molecule has 136 valence electrons. The summed E-state index contributed by atoms with van der Waals surface area (Å²) in [6.07, 6.45) is 0. The van der Waals surface area contributed by atoms with Crippen LogP contribution in [0.3, 0.4) is 0 Å². The molecule has 4 rings (SSSR count). The summed E-state index contributed by atoms with van der Waals surface area (Å²) < 4.78 is 10.4. The zero-order valence-electron chi connectivity index (χ0n) is 14.4. The molecule has 2 aromatic heterocycles. The number of thiazole rings is 1. The Morgan fingerprint density at radius 2 is 2.12 bits per heavy atom. The molecule has 0 saturated carbocycles. The number of benzene rings is 1. The highest BCUT2D eigenvalue weighted by Gasteiger charge is 2.25. The lowest BCUT2D eigenvalue weighted by Crippen LogP contribution is -2.43. The molecule has 0 atom stereocenters. The number of anilines is 1. The average Bonchev–Trinajstić information content (AvgIpc) is 3.28. The van der Waals surface area contributed by atoms with Gasteiger partial charge in [0.1, 0.15) is 4.88 Å². The zero-order valence-corrected chi connectivity index (χ0v) is 16.1. The normalized spacial score (nSPS) is 15.4. The minimum absolute atomic E-state index is 0.0789. The van der Waals surface area contributed by atoms with Crippen LogP contribution >= 0.6 is 22.9 Å². The van der Waals surface area contributed by atoms with Gasteiger partial charge in [0, 0.05) is 26.2 Å². The summed E-state index contributed by atoms with van der Waals surface area (Å²) in [7, 11) is 0. The number of para-hydroxylation sites is 1. The van der Waals surface area contributed by atoms with Crippen molar-refractivity contribution in [3.05, 3.63) is 34.8 Å². The Kier molecular flexibility index (Phi) is 5.21. The second kappa shape index (κ2) is 7.75. The van der Waals surface area contributed by atoms with E-state index in [-0.39, 0.29) is 5.91 Å². The molecule has 3 aromatic rings. The van der Waals surface area contributed by atoms with Crippen molar-refractivity contribution in [3.8, 4) is 0 Å². The first-order valence-corrected chi connectivity index (χ1v) is 10.1. The summed E-state index contributed by atoms with van der Waals surface area (Å²) in [5.41, 5.74) is 1.58. The molecule has 7 nitrogen and oxygen atoms in total. The maximum Gasteiger partial charge on any atom is 0.273 e. The molecule has 3 heterocycles. The van der Waals surface area contributed by atoms with E-state index in [4.69, 9.17) is 4.74 Å². The lowest BCUT2D eigenvalue weighted by atomic mass is 10.3. The summed E-state index contributed by atoms with van der Waals surface area (Å²) in [5.74, 6) is -0.0789. The Bertz CT molecular complexity index is 870. The third-order valence-electron chi connectivity index (χ3n) is 4.35. The Balaban J connectivity index is 1.61. The Morgan fingerprint density at radius 1 is 1.31 bits per heavy atom. The first-order chi connectivity index (χ1) is 12.7. The average molecular weight is 390 g/mol. The molecule has 1 aromatic carbocycles. The molecule has 1 amide bonds. The van der Waals surface area contributed by atoms with Crippen molar-refractivity contribution >= 4 is 44.1 Å². The number of carbonyl (C=O) groups excluding carboxylic acids is 1. The Morgan fingerprint density at radius 3 is 2.85 bits per heavy atom. The fourth-order valence-corrected chi connectivity index (χ4v) is 4.47. The molecule has 0 spiro atoms. The molecule has 1 aliphatic rings. The van der Waals surface area contributed by atoms with E-state index in [0.717, 1.165) is 59.7 Å². The quantitative estimate of drug-likeness (QED) is 0.667. The van der Waals surface area contributed by atoms with E-state index >= 15 is 0 Å². The smallest absolute Gasteiger partial charge is 0.273 e. The SMILES string of the molecule is Cc1nnsc1C(=O)N(CCN1CCOCC1)c1nc2ccccc2s1. The third kappa shape index (κ3) is 3.61. The van der Waals surface area contributed by atoms with Crippen LogP contribution in [0.4, 0.5) is 5.13 Å². The van der Waals surface area contributed by atoms with Crippen molar-refractivity contribution < 1.29 is 9.53 Å². The molecule has 1 aliphatic heterocycles. The number of morpholine rings is 1. The van der Waals surface area contributed by atoms with Crippen LogP contribution in [-0.4, -0.2) is 64.8 Å². The molecule has 0 aliphatic carbocycles. The molecule has 1 fully saturated rings. The van der Waals surface area contributed by atoms with E-state index in [1.54, 1.807) is 4.90 Å². The zero-order chi connectivity index (χ0) is 17.9. The highest BCUT2D eigenvalue weighted by Crippen LogP contribution is 2.30. The van der Waals surface area contributed by atoms with Gasteiger partial charge in [-0.2, -0.15) is 0 Å². The fourth-order valence-electron chi connectivity index (χ4n) is 2.88. The van der Waals surface area contributed by atoms with Crippen LogP contribution in [0.25, 0.3) is 10.2 Å². The number of nitrogens with zero attached hydrogens (tertiary/aromatic N) is 5. The van der Waals surface area contributed by atoms with Gasteiger partial charge in [0.25, 0.3) is 5.91 Å². The molecular formula is C17H19N5O2S2. The summed E-state index contributed by atoms with van der Waals surface area (Å²) in [4.78, 5) is 22.5. The van der Waals surface area contributed by atoms with Gasteiger partial charge < -0.3 is 4.74 Å². The number of rotatable bonds is 5. The van der Waals surface area contributed by atoms with E-state index in [0.29, 0.717) is 17.1 Å². The Hall–Kier alpha value is -1.94. The van der Waals surface area contributed by atoms with Crippen LogP contribution in [0.15, 0.2) is 24.3 Å². The third-order valence-corrected chi connectivity index (χ3v) is 6.22. The van der Waals surface area contributed by atoms with E-state index in [1.807, 2.05) is 31.2 Å². The van der Waals surface area contributed by atoms with Crippen LogP contribution in [0.5, 0.6) is 0 Å². The molecule has 0 N–H and O–H groups in total. The number of ether oxygens (including phenoxy) is 1. The molecular weight excluding hydrogens is 370 g/mol. The maximum absolute atomic E-state index is 13.2. The van der Waals surface area contributed by atoms with Crippen LogP contribution in [0, 0.1) is 6.92 Å².